The summed E-state index contributed by atoms with van der Waals surface area (Å²) < 4.78 is 1.06. The molecule has 4 nitrogen and oxygen atoms in total. The van der Waals surface area contributed by atoms with E-state index in [-0.39, 0.29) is 18.4 Å². The van der Waals surface area contributed by atoms with Crippen molar-refractivity contribution in [2.45, 2.75) is 6.92 Å². The van der Waals surface area contributed by atoms with E-state index in [0.29, 0.717) is 15.6 Å². The maximum absolute atomic E-state index is 12.3. The molecule has 0 bridgehead atoms. The summed E-state index contributed by atoms with van der Waals surface area (Å²) in [6.07, 6.45) is 0. The van der Waals surface area contributed by atoms with E-state index in [9.17, 15) is 9.59 Å². The molecule has 1 aromatic heterocycles. The van der Waals surface area contributed by atoms with Crippen LogP contribution >= 0.6 is 22.9 Å². The van der Waals surface area contributed by atoms with E-state index in [1.807, 2.05) is 31.2 Å². The Labute approximate surface area is 148 Å². The second-order valence-corrected chi connectivity index (χ2v) is 6.78. The van der Waals surface area contributed by atoms with Crippen LogP contribution < -0.4 is 10.6 Å². The monoisotopic (exact) mass is 358 g/mol. The van der Waals surface area contributed by atoms with E-state index in [1.165, 1.54) is 11.3 Å². The van der Waals surface area contributed by atoms with Crippen molar-refractivity contribution in [2.75, 3.05) is 11.9 Å². The van der Waals surface area contributed by atoms with Gasteiger partial charge >= 0.3 is 0 Å². The van der Waals surface area contributed by atoms with Crippen molar-refractivity contribution < 1.29 is 9.59 Å². The van der Waals surface area contributed by atoms with Crippen LogP contribution in [0.5, 0.6) is 0 Å². The van der Waals surface area contributed by atoms with E-state index in [4.69, 9.17) is 11.6 Å². The van der Waals surface area contributed by atoms with Crippen molar-refractivity contribution >= 4 is 50.5 Å². The molecule has 3 rings (SSSR count). The first kappa shape index (κ1) is 16.5. The third kappa shape index (κ3) is 3.58. The largest absolute Gasteiger partial charge is 0.342 e. The lowest BCUT2D eigenvalue weighted by Crippen LogP contribution is -2.32. The third-order valence-electron chi connectivity index (χ3n) is 3.59. The highest BCUT2D eigenvalue weighted by atomic mass is 35.5. The number of carbonyl (C=O) groups excluding carboxylic acids is 2. The zero-order valence-corrected chi connectivity index (χ0v) is 14.5. The number of anilines is 1. The predicted octanol–water partition coefficient (Wildman–Crippen LogP) is 4.23. The molecule has 122 valence electrons. The first-order valence-corrected chi connectivity index (χ1v) is 8.56. The number of amides is 2. The van der Waals surface area contributed by atoms with Crippen LogP contribution in [0, 0.1) is 6.92 Å². The Balaban J connectivity index is 1.63. The second kappa shape index (κ2) is 7.03. The SMILES string of the molecule is Cc1c(C(=O)NCC(=O)Nc2ccc(Cl)cc2)sc2ccccc12. The van der Waals surface area contributed by atoms with E-state index < -0.39 is 0 Å². The molecule has 2 amide bonds. The maximum Gasteiger partial charge on any atom is 0.262 e. The molecule has 0 saturated carbocycles. The number of rotatable bonds is 4. The fraction of sp³-hybridized carbons (Fsp3) is 0.111. The number of benzene rings is 2. The molecule has 0 aliphatic rings. The molecule has 0 saturated heterocycles. The van der Waals surface area contributed by atoms with E-state index >= 15 is 0 Å². The van der Waals surface area contributed by atoms with Crippen LogP contribution in [0.4, 0.5) is 5.69 Å². The Kier molecular flexibility index (Phi) is 4.83. The summed E-state index contributed by atoms with van der Waals surface area (Å²) in [5, 5.41) is 7.04. The molecule has 6 heteroatoms. The van der Waals surface area contributed by atoms with Gasteiger partial charge in [-0.1, -0.05) is 29.8 Å². The molecular weight excluding hydrogens is 344 g/mol. The van der Waals surface area contributed by atoms with Crippen molar-refractivity contribution in [1.82, 2.24) is 5.32 Å². The number of thiophene rings is 1. The van der Waals surface area contributed by atoms with Gasteiger partial charge in [0, 0.05) is 15.4 Å². The lowest BCUT2D eigenvalue weighted by atomic mass is 10.1. The van der Waals surface area contributed by atoms with Crippen LogP contribution in [0.1, 0.15) is 15.2 Å². The zero-order valence-electron chi connectivity index (χ0n) is 12.9. The first-order chi connectivity index (χ1) is 11.5. The van der Waals surface area contributed by atoms with E-state index in [2.05, 4.69) is 10.6 Å². The highest BCUT2D eigenvalue weighted by Gasteiger charge is 2.15. The molecule has 0 atom stereocenters. The minimum Gasteiger partial charge on any atom is -0.342 e. The zero-order chi connectivity index (χ0) is 17.1. The maximum atomic E-state index is 12.3. The fourth-order valence-electron chi connectivity index (χ4n) is 2.37. The highest BCUT2D eigenvalue weighted by Crippen LogP contribution is 2.30. The highest BCUT2D eigenvalue weighted by molar-refractivity contribution is 7.21. The molecule has 0 aliphatic heterocycles. The molecule has 2 aromatic carbocycles. The average molecular weight is 359 g/mol. The molecule has 24 heavy (non-hydrogen) atoms. The fourth-order valence-corrected chi connectivity index (χ4v) is 3.62. The van der Waals surface area contributed by atoms with Gasteiger partial charge in [-0.05, 0) is 48.2 Å². The first-order valence-electron chi connectivity index (χ1n) is 7.36. The molecule has 2 N–H and O–H groups in total. The van der Waals surface area contributed by atoms with Crippen LogP contribution in [-0.2, 0) is 4.79 Å². The topological polar surface area (TPSA) is 58.2 Å². The number of halogens is 1. The minimum atomic E-state index is -0.288. The molecule has 0 aliphatic carbocycles. The molecule has 0 unspecified atom stereocenters. The Morgan fingerprint density at radius 3 is 2.50 bits per heavy atom. The van der Waals surface area contributed by atoms with Gasteiger partial charge in [-0.3, -0.25) is 9.59 Å². The quantitative estimate of drug-likeness (QED) is 0.733. The normalized spacial score (nSPS) is 10.6. The summed E-state index contributed by atoms with van der Waals surface area (Å²) in [6, 6.07) is 14.7. The summed E-state index contributed by atoms with van der Waals surface area (Å²) >= 11 is 7.23. The van der Waals surface area contributed by atoms with Gasteiger partial charge in [0.2, 0.25) is 5.91 Å². The van der Waals surface area contributed by atoms with Crippen LogP contribution in [0.3, 0.4) is 0 Å². The van der Waals surface area contributed by atoms with Crippen LogP contribution in [0.2, 0.25) is 5.02 Å². The van der Waals surface area contributed by atoms with Crippen molar-refractivity contribution in [3.63, 3.8) is 0 Å². The molecule has 1 heterocycles. The summed E-state index contributed by atoms with van der Waals surface area (Å²) in [7, 11) is 0. The van der Waals surface area contributed by atoms with Crippen molar-refractivity contribution in [2.24, 2.45) is 0 Å². The standard InChI is InChI=1S/C18H15ClN2O2S/c1-11-14-4-2-3-5-15(14)24-17(11)18(23)20-10-16(22)21-13-8-6-12(19)7-9-13/h2-9H,10H2,1H3,(H,20,23)(H,21,22). The van der Waals surface area contributed by atoms with Gasteiger partial charge in [-0.15, -0.1) is 11.3 Å². The van der Waals surface area contributed by atoms with Crippen molar-refractivity contribution in [1.29, 1.82) is 0 Å². The number of nitrogens with one attached hydrogen (secondary N) is 2. The van der Waals surface area contributed by atoms with Gasteiger partial charge in [0.15, 0.2) is 0 Å². The van der Waals surface area contributed by atoms with Gasteiger partial charge in [-0.2, -0.15) is 0 Å². The Morgan fingerprint density at radius 1 is 1.08 bits per heavy atom. The summed E-state index contributed by atoms with van der Waals surface area (Å²) in [6.45, 7) is 1.83. The summed E-state index contributed by atoms with van der Waals surface area (Å²) in [5.41, 5.74) is 1.57. The number of hydrogen-bond acceptors (Lipinski definition) is 3. The second-order valence-electron chi connectivity index (χ2n) is 5.29. The number of carbonyl (C=O) groups is 2. The molecular formula is C18H15ClN2O2S. The van der Waals surface area contributed by atoms with Gasteiger partial charge in [0.05, 0.1) is 11.4 Å². The van der Waals surface area contributed by atoms with Crippen molar-refractivity contribution in [3.05, 3.63) is 64.0 Å². The molecule has 3 aromatic rings. The van der Waals surface area contributed by atoms with Gasteiger partial charge in [0.1, 0.15) is 0 Å². The number of aryl methyl sites for hydroxylation is 1. The molecule has 0 spiro atoms. The van der Waals surface area contributed by atoms with E-state index in [0.717, 1.165) is 15.6 Å². The Hall–Kier alpha value is -2.37. The summed E-state index contributed by atoms with van der Waals surface area (Å²) in [4.78, 5) is 24.9. The van der Waals surface area contributed by atoms with Crippen molar-refractivity contribution in [3.8, 4) is 0 Å². The Morgan fingerprint density at radius 2 is 1.79 bits per heavy atom. The Bertz CT molecular complexity index is 903. The number of fused-ring (bicyclic) bond motifs is 1. The van der Waals surface area contributed by atoms with Gasteiger partial charge < -0.3 is 10.6 Å². The van der Waals surface area contributed by atoms with Crippen LogP contribution in [0.15, 0.2) is 48.5 Å². The van der Waals surface area contributed by atoms with Crippen LogP contribution in [-0.4, -0.2) is 18.4 Å². The molecule has 0 fully saturated rings. The predicted molar refractivity (Wildman–Crippen MR) is 99.0 cm³/mol. The van der Waals surface area contributed by atoms with Crippen LogP contribution in [0.25, 0.3) is 10.1 Å². The third-order valence-corrected chi connectivity index (χ3v) is 5.11. The number of hydrogen-bond donors (Lipinski definition) is 2. The minimum absolute atomic E-state index is 0.0881. The van der Waals surface area contributed by atoms with Gasteiger partial charge in [-0.25, -0.2) is 0 Å². The average Bonchev–Trinajstić information content (AvgIpc) is 2.92. The molecule has 0 radical (unpaired) electrons. The lowest BCUT2D eigenvalue weighted by molar-refractivity contribution is -0.115. The lowest BCUT2D eigenvalue weighted by Gasteiger charge is -2.07. The smallest absolute Gasteiger partial charge is 0.262 e. The van der Waals surface area contributed by atoms with E-state index in [1.54, 1.807) is 24.3 Å². The van der Waals surface area contributed by atoms with Gasteiger partial charge in [0.25, 0.3) is 5.91 Å². The summed E-state index contributed by atoms with van der Waals surface area (Å²) in [5.74, 6) is -0.524.